The van der Waals surface area contributed by atoms with E-state index in [1.165, 1.54) is 0 Å². The average Bonchev–Trinajstić information content (AvgIpc) is 3.33. The first kappa shape index (κ1) is 19.9. The van der Waals surface area contributed by atoms with E-state index in [2.05, 4.69) is 19.9 Å². The lowest BCUT2D eigenvalue weighted by Crippen LogP contribution is -2.53. The zero-order chi connectivity index (χ0) is 21.5. The molecule has 3 aliphatic heterocycles. The Hall–Kier alpha value is -3.03. The van der Waals surface area contributed by atoms with E-state index in [9.17, 15) is 9.59 Å². The van der Waals surface area contributed by atoms with Crippen molar-refractivity contribution in [3.05, 3.63) is 48.5 Å². The molecule has 31 heavy (non-hydrogen) atoms. The quantitative estimate of drug-likeness (QED) is 0.754. The van der Waals surface area contributed by atoms with E-state index in [1.54, 1.807) is 30.9 Å². The van der Waals surface area contributed by atoms with Crippen LogP contribution >= 0.6 is 0 Å². The number of fused-ring (bicyclic) bond motifs is 1. The van der Waals surface area contributed by atoms with Crippen LogP contribution in [0.4, 0.5) is 5.95 Å². The monoisotopic (exact) mass is 420 g/mol. The number of anilines is 1. The maximum absolute atomic E-state index is 13.6. The number of carbonyl (C=O) groups excluding carboxylic acids is 2. The smallest absolute Gasteiger partial charge is 0.255 e. The Morgan fingerprint density at radius 2 is 1.81 bits per heavy atom. The summed E-state index contributed by atoms with van der Waals surface area (Å²) in [5.41, 5.74) is 0.0258. The maximum Gasteiger partial charge on any atom is 0.255 e. The van der Waals surface area contributed by atoms with Gasteiger partial charge in [-0.2, -0.15) is 0 Å². The number of hydrogen-bond donors (Lipinski definition) is 0. The highest BCUT2D eigenvalue weighted by atomic mass is 16.2. The van der Waals surface area contributed by atoms with Gasteiger partial charge < -0.3 is 14.7 Å². The number of amides is 2. The molecule has 3 aliphatic rings. The first-order valence-corrected chi connectivity index (χ1v) is 11.1. The molecule has 5 rings (SSSR count). The standard InChI is InChI=1S/C23H28N6O2/c1-2-27-14-8-23(20(27)31)17-29(21-25-10-4-11-26-21)16-22(23)6-12-28(13-7-22)19(30)18-5-3-9-24-15-18/h3-5,9-11,15H,2,6-8,12-14,16-17H2,1H3/t23-/m0/s1. The zero-order valence-electron chi connectivity index (χ0n) is 17.9. The maximum atomic E-state index is 13.6. The summed E-state index contributed by atoms with van der Waals surface area (Å²) in [7, 11) is 0. The second-order valence-corrected chi connectivity index (χ2v) is 8.94. The molecule has 0 saturated carbocycles. The largest absolute Gasteiger partial charge is 0.342 e. The number of carbonyl (C=O) groups is 2. The Kier molecular flexibility index (Phi) is 4.87. The Morgan fingerprint density at radius 1 is 1.03 bits per heavy atom. The van der Waals surface area contributed by atoms with Gasteiger partial charge in [-0.05, 0) is 44.4 Å². The van der Waals surface area contributed by atoms with Crippen LogP contribution in [0.3, 0.4) is 0 Å². The molecule has 1 atom stereocenters. The van der Waals surface area contributed by atoms with Gasteiger partial charge >= 0.3 is 0 Å². The van der Waals surface area contributed by atoms with Gasteiger partial charge in [0.2, 0.25) is 11.9 Å². The van der Waals surface area contributed by atoms with Gasteiger partial charge in [-0.3, -0.25) is 14.6 Å². The predicted octanol–water partition coefficient (Wildman–Crippen LogP) is 1.85. The molecule has 5 heterocycles. The van der Waals surface area contributed by atoms with Gasteiger partial charge in [0, 0.05) is 69.5 Å². The minimum Gasteiger partial charge on any atom is -0.342 e. The average molecular weight is 421 g/mol. The number of likely N-dealkylation sites (tertiary alicyclic amines) is 2. The van der Waals surface area contributed by atoms with Crippen LogP contribution in [-0.4, -0.2) is 75.8 Å². The number of pyridine rings is 1. The Bertz CT molecular complexity index is 961. The summed E-state index contributed by atoms with van der Waals surface area (Å²) in [5, 5.41) is 0. The van der Waals surface area contributed by atoms with Crippen LogP contribution < -0.4 is 4.90 Å². The summed E-state index contributed by atoms with van der Waals surface area (Å²) in [4.78, 5) is 45.7. The summed E-state index contributed by atoms with van der Waals surface area (Å²) >= 11 is 0. The van der Waals surface area contributed by atoms with E-state index in [4.69, 9.17) is 0 Å². The van der Waals surface area contributed by atoms with Crippen molar-refractivity contribution >= 4 is 17.8 Å². The lowest BCUT2D eigenvalue weighted by molar-refractivity contribution is -0.141. The molecule has 0 bridgehead atoms. The second kappa shape index (κ2) is 7.59. The summed E-state index contributed by atoms with van der Waals surface area (Å²) in [6.45, 7) is 6.31. The molecule has 8 nitrogen and oxygen atoms in total. The fraction of sp³-hybridized carbons (Fsp3) is 0.522. The van der Waals surface area contributed by atoms with Crippen LogP contribution in [0.5, 0.6) is 0 Å². The highest BCUT2D eigenvalue weighted by Crippen LogP contribution is 2.58. The van der Waals surface area contributed by atoms with E-state index in [0.717, 1.165) is 38.9 Å². The molecule has 2 aromatic heterocycles. The molecular formula is C23H28N6O2. The van der Waals surface area contributed by atoms with Crippen molar-refractivity contribution in [3.63, 3.8) is 0 Å². The van der Waals surface area contributed by atoms with E-state index in [0.29, 0.717) is 31.1 Å². The van der Waals surface area contributed by atoms with Gasteiger partial charge in [0.15, 0.2) is 0 Å². The molecule has 162 valence electrons. The molecule has 3 fully saturated rings. The van der Waals surface area contributed by atoms with Crippen molar-refractivity contribution in [2.24, 2.45) is 10.8 Å². The van der Waals surface area contributed by atoms with Crippen LogP contribution in [0.1, 0.15) is 36.5 Å². The molecule has 0 N–H and O–H groups in total. The van der Waals surface area contributed by atoms with Crippen LogP contribution in [0, 0.1) is 10.8 Å². The third-order valence-corrected chi connectivity index (χ3v) is 7.61. The number of hydrogen-bond acceptors (Lipinski definition) is 6. The molecule has 8 heteroatoms. The molecule has 3 saturated heterocycles. The van der Waals surface area contributed by atoms with Crippen LogP contribution in [0.2, 0.25) is 0 Å². The Balaban J connectivity index is 1.42. The molecule has 0 radical (unpaired) electrons. The van der Waals surface area contributed by atoms with E-state index in [-0.39, 0.29) is 17.2 Å². The molecular weight excluding hydrogens is 392 g/mol. The van der Waals surface area contributed by atoms with Crippen molar-refractivity contribution in [1.82, 2.24) is 24.8 Å². The van der Waals surface area contributed by atoms with Gasteiger partial charge in [0.25, 0.3) is 5.91 Å². The van der Waals surface area contributed by atoms with Gasteiger partial charge in [-0.1, -0.05) is 0 Å². The van der Waals surface area contributed by atoms with Crippen molar-refractivity contribution < 1.29 is 9.59 Å². The minimum absolute atomic E-state index is 0.0196. The highest BCUT2D eigenvalue weighted by Gasteiger charge is 2.65. The second-order valence-electron chi connectivity index (χ2n) is 8.94. The van der Waals surface area contributed by atoms with Crippen molar-refractivity contribution in [2.45, 2.75) is 26.2 Å². The van der Waals surface area contributed by atoms with Crippen molar-refractivity contribution in [2.75, 3.05) is 44.2 Å². The molecule has 0 aliphatic carbocycles. The Morgan fingerprint density at radius 3 is 2.45 bits per heavy atom. The van der Waals surface area contributed by atoms with Crippen molar-refractivity contribution in [1.29, 1.82) is 0 Å². The first-order chi connectivity index (χ1) is 15.1. The number of rotatable bonds is 3. The molecule has 0 unspecified atom stereocenters. The zero-order valence-corrected chi connectivity index (χ0v) is 17.9. The first-order valence-electron chi connectivity index (χ1n) is 11.1. The van der Waals surface area contributed by atoms with E-state index >= 15 is 0 Å². The SMILES string of the molecule is CCN1CC[C@]2(CN(c3ncccn3)CC23CCN(C(=O)c2cccnc2)CC3)C1=O. The molecule has 2 aromatic rings. The van der Waals surface area contributed by atoms with Crippen molar-refractivity contribution in [3.8, 4) is 0 Å². The normalized spacial score (nSPS) is 25.1. The summed E-state index contributed by atoms with van der Waals surface area (Å²) in [5.74, 6) is 0.974. The van der Waals surface area contributed by atoms with Gasteiger partial charge in [-0.25, -0.2) is 9.97 Å². The third-order valence-electron chi connectivity index (χ3n) is 7.61. The van der Waals surface area contributed by atoms with E-state index < -0.39 is 5.41 Å². The predicted molar refractivity (Wildman–Crippen MR) is 115 cm³/mol. The van der Waals surface area contributed by atoms with Crippen LogP contribution in [0.15, 0.2) is 43.0 Å². The molecule has 2 spiro atoms. The number of aromatic nitrogens is 3. The number of piperidine rings is 1. The topological polar surface area (TPSA) is 82.5 Å². The lowest BCUT2D eigenvalue weighted by Gasteiger charge is -2.46. The van der Waals surface area contributed by atoms with Gasteiger partial charge in [0.1, 0.15) is 0 Å². The lowest BCUT2D eigenvalue weighted by atomic mass is 9.60. The Labute approximate surface area is 182 Å². The molecule has 2 amide bonds. The van der Waals surface area contributed by atoms with Crippen LogP contribution in [-0.2, 0) is 4.79 Å². The fourth-order valence-electron chi connectivity index (χ4n) is 5.89. The van der Waals surface area contributed by atoms with Gasteiger partial charge in [0.05, 0.1) is 11.0 Å². The summed E-state index contributed by atoms with van der Waals surface area (Å²) in [6.07, 6.45) is 9.29. The van der Waals surface area contributed by atoms with Crippen LogP contribution in [0.25, 0.3) is 0 Å². The highest BCUT2D eigenvalue weighted by molar-refractivity contribution is 5.94. The number of nitrogens with zero attached hydrogens (tertiary/aromatic N) is 6. The molecule has 0 aromatic carbocycles. The summed E-state index contributed by atoms with van der Waals surface area (Å²) < 4.78 is 0. The third kappa shape index (κ3) is 3.07. The van der Waals surface area contributed by atoms with Gasteiger partial charge in [-0.15, -0.1) is 0 Å². The fourth-order valence-corrected chi connectivity index (χ4v) is 5.89. The van der Waals surface area contributed by atoms with E-state index in [1.807, 2.05) is 28.9 Å². The summed E-state index contributed by atoms with van der Waals surface area (Å²) in [6, 6.07) is 5.41. The minimum atomic E-state index is -0.425.